The molecule has 4 aromatic rings. The summed E-state index contributed by atoms with van der Waals surface area (Å²) in [6.45, 7) is 3.51. The number of amides is 1. The van der Waals surface area contributed by atoms with Gasteiger partial charge in [0.05, 0.1) is 10.2 Å². The largest absolute Gasteiger partial charge is 0.308 e. The van der Waals surface area contributed by atoms with E-state index in [9.17, 15) is 4.79 Å². The van der Waals surface area contributed by atoms with Crippen molar-refractivity contribution in [3.63, 3.8) is 0 Å². The van der Waals surface area contributed by atoms with Gasteiger partial charge in [0.2, 0.25) is 0 Å². The minimum Gasteiger partial charge on any atom is -0.308 e. The fourth-order valence-electron chi connectivity index (χ4n) is 3.47. The number of carbonyl (C=O) groups excluding carboxylic acids is 1. The maximum absolute atomic E-state index is 13.5. The lowest BCUT2D eigenvalue weighted by Crippen LogP contribution is -2.36. The summed E-state index contributed by atoms with van der Waals surface area (Å²) >= 11 is 1.59. The first kappa shape index (κ1) is 21.2. The van der Waals surface area contributed by atoms with Crippen LogP contribution in [0.1, 0.15) is 22.8 Å². The molecule has 1 amide bonds. The Hall–Kier alpha value is -3.02. The number of benzene rings is 3. The second-order valence-corrected chi connectivity index (χ2v) is 8.86. The molecule has 4 nitrogen and oxygen atoms in total. The zero-order valence-corrected chi connectivity index (χ0v) is 19.0. The third-order valence-electron chi connectivity index (χ3n) is 5.34. The topological polar surface area (TPSA) is 36.4 Å². The normalized spacial score (nSPS) is 11.2. The molecule has 4 rings (SSSR count). The fraction of sp³-hybridized carbons (Fsp3) is 0.231. The van der Waals surface area contributed by atoms with Crippen LogP contribution in [0.2, 0.25) is 0 Å². The summed E-state index contributed by atoms with van der Waals surface area (Å²) < 4.78 is 1.12. The lowest BCUT2D eigenvalue weighted by Gasteiger charge is -2.22. The van der Waals surface area contributed by atoms with E-state index in [1.165, 1.54) is 5.56 Å². The van der Waals surface area contributed by atoms with Crippen molar-refractivity contribution in [2.24, 2.45) is 0 Å². The quantitative estimate of drug-likeness (QED) is 0.376. The van der Waals surface area contributed by atoms with Crippen LogP contribution in [0.5, 0.6) is 0 Å². The lowest BCUT2D eigenvalue weighted by molar-refractivity contribution is 0.0985. The number of hydrogen-bond acceptors (Lipinski definition) is 4. The molecule has 0 aliphatic heterocycles. The SMILES string of the molecule is CCc1ccc2nc(N(CCN(C)C)C(=O)c3ccc(-c4ccccc4)cc3)sc2c1. The van der Waals surface area contributed by atoms with E-state index in [1.54, 1.807) is 11.3 Å². The van der Waals surface area contributed by atoms with E-state index in [4.69, 9.17) is 4.98 Å². The highest BCUT2D eigenvalue weighted by molar-refractivity contribution is 7.22. The van der Waals surface area contributed by atoms with Crippen LogP contribution in [0.4, 0.5) is 5.13 Å². The molecule has 0 fully saturated rings. The van der Waals surface area contributed by atoms with Gasteiger partial charge in [-0.25, -0.2) is 4.98 Å². The molecule has 0 unspecified atom stereocenters. The molecular formula is C26H27N3OS. The van der Waals surface area contributed by atoms with Crippen LogP contribution in [0.25, 0.3) is 21.3 Å². The zero-order valence-electron chi connectivity index (χ0n) is 18.2. The summed E-state index contributed by atoms with van der Waals surface area (Å²) in [6, 6.07) is 24.4. The number of rotatable bonds is 7. The number of carbonyl (C=O) groups is 1. The predicted octanol–water partition coefficient (Wildman–Crippen LogP) is 5.73. The summed E-state index contributed by atoms with van der Waals surface area (Å²) in [4.78, 5) is 22.2. The Balaban J connectivity index is 1.65. The molecule has 0 saturated carbocycles. The summed E-state index contributed by atoms with van der Waals surface area (Å²) in [5, 5.41) is 0.752. The average Bonchev–Trinajstić information content (AvgIpc) is 3.22. The second kappa shape index (κ2) is 9.41. The molecule has 5 heteroatoms. The Labute approximate surface area is 187 Å². The van der Waals surface area contributed by atoms with Crippen LogP contribution in [0.3, 0.4) is 0 Å². The molecule has 0 spiro atoms. The highest BCUT2D eigenvalue weighted by atomic mass is 32.1. The highest BCUT2D eigenvalue weighted by Crippen LogP contribution is 2.31. The maximum atomic E-state index is 13.5. The highest BCUT2D eigenvalue weighted by Gasteiger charge is 2.21. The predicted molar refractivity (Wildman–Crippen MR) is 131 cm³/mol. The fourth-order valence-corrected chi connectivity index (χ4v) is 4.52. The average molecular weight is 430 g/mol. The number of nitrogens with zero attached hydrogens (tertiary/aromatic N) is 3. The Morgan fingerprint density at radius 1 is 0.903 bits per heavy atom. The van der Waals surface area contributed by atoms with Gasteiger partial charge in [-0.1, -0.05) is 66.8 Å². The number of likely N-dealkylation sites (N-methyl/N-ethyl adjacent to an activating group) is 1. The molecule has 0 saturated heterocycles. The van der Waals surface area contributed by atoms with Gasteiger partial charge in [0.1, 0.15) is 0 Å². The van der Waals surface area contributed by atoms with Gasteiger partial charge in [0.15, 0.2) is 5.13 Å². The van der Waals surface area contributed by atoms with E-state index < -0.39 is 0 Å². The van der Waals surface area contributed by atoms with Gasteiger partial charge in [-0.15, -0.1) is 0 Å². The Morgan fingerprint density at radius 2 is 1.61 bits per heavy atom. The van der Waals surface area contributed by atoms with Crippen molar-refractivity contribution in [1.29, 1.82) is 0 Å². The van der Waals surface area contributed by atoms with Crippen molar-refractivity contribution in [3.8, 4) is 11.1 Å². The zero-order chi connectivity index (χ0) is 21.8. The van der Waals surface area contributed by atoms with Gasteiger partial charge < -0.3 is 4.90 Å². The van der Waals surface area contributed by atoms with Gasteiger partial charge in [0.25, 0.3) is 5.91 Å². The summed E-state index contributed by atoms with van der Waals surface area (Å²) in [6.07, 6.45) is 0.986. The van der Waals surface area contributed by atoms with Crippen LogP contribution in [-0.4, -0.2) is 43.0 Å². The number of aryl methyl sites for hydroxylation is 1. The number of aromatic nitrogens is 1. The van der Waals surface area contributed by atoms with Gasteiger partial charge in [-0.3, -0.25) is 9.69 Å². The molecule has 0 aliphatic carbocycles. The summed E-state index contributed by atoms with van der Waals surface area (Å²) in [5.74, 6) is -0.0174. The molecule has 3 aromatic carbocycles. The molecular weight excluding hydrogens is 402 g/mol. The Morgan fingerprint density at radius 3 is 2.29 bits per heavy atom. The minimum atomic E-state index is -0.0174. The van der Waals surface area contributed by atoms with Gasteiger partial charge in [-0.2, -0.15) is 0 Å². The van der Waals surface area contributed by atoms with E-state index in [0.717, 1.165) is 39.4 Å². The van der Waals surface area contributed by atoms with Crippen LogP contribution < -0.4 is 4.90 Å². The molecule has 0 bridgehead atoms. The molecule has 0 aliphatic rings. The van der Waals surface area contributed by atoms with Crippen molar-refractivity contribution in [3.05, 3.63) is 83.9 Å². The third kappa shape index (κ3) is 4.84. The third-order valence-corrected chi connectivity index (χ3v) is 6.38. The van der Waals surface area contributed by atoms with Crippen molar-refractivity contribution in [2.45, 2.75) is 13.3 Å². The van der Waals surface area contributed by atoms with Gasteiger partial charge in [-0.05, 0) is 61.5 Å². The van der Waals surface area contributed by atoms with Crippen LogP contribution in [0, 0.1) is 0 Å². The van der Waals surface area contributed by atoms with E-state index in [1.807, 2.05) is 61.5 Å². The number of fused-ring (bicyclic) bond motifs is 1. The lowest BCUT2D eigenvalue weighted by atomic mass is 10.0. The monoisotopic (exact) mass is 429 g/mol. The van der Waals surface area contributed by atoms with Crippen LogP contribution in [-0.2, 0) is 6.42 Å². The first-order valence-corrected chi connectivity index (χ1v) is 11.4. The molecule has 158 valence electrons. The summed E-state index contributed by atoms with van der Waals surface area (Å²) in [7, 11) is 4.03. The van der Waals surface area contributed by atoms with Crippen LogP contribution in [0.15, 0.2) is 72.8 Å². The Bertz CT molecular complexity index is 1170. The van der Waals surface area contributed by atoms with Crippen molar-refractivity contribution >= 4 is 32.6 Å². The molecule has 31 heavy (non-hydrogen) atoms. The van der Waals surface area contributed by atoms with E-state index in [2.05, 4.69) is 42.2 Å². The maximum Gasteiger partial charge on any atom is 0.260 e. The molecule has 0 N–H and O–H groups in total. The summed E-state index contributed by atoms with van der Waals surface area (Å²) in [5.41, 5.74) is 5.14. The van der Waals surface area contributed by atoms with E-state index in [0.29, 0.717) is 12.1 Å². The van der Waals surface area contributed by atoms with E-state index >= 15 is 0 Å². The van der Waals surface area contributed by atoms with Gasteiger partial charge >= 0.3 is 0 Å². The van der Waals surface area contributed by atoms with E-state index in [-0.39, 0.29) is 5.91 Å². The molecule has 1 heterocycles. The first-order chi connectivity index (χ1) is 15.0. The minimum absolute atomic E-state index is 0.0174. The standard InChI is InChI=1S/C26H27N3OS/c1-4-19-10-15-23-24(18-19)31-26(27-23)29(17-16-28(2)3)25(30)22-13-11-21(12-14-22)20-8-6-5-7-9-20/h5-15,18H,4,16-17H2,1-3H3. The van der Waals surface area contributed by atoms with Crippen molar-refractivity contribution in [2.75, 3.05) is 32.1 Å². The number of anilines is 1. The second-order valence-electron chi connectivity index (χ2n) is 7.86. The van der Waals surface area contributed by atoms with Crippen molar-refractivity contribution in [1.82, 2.24) is 9.88 Å². The number of hydrogen-bond donors (Lipinski definition) is 0. The van der Waals surface area contributed by atoms with Crippen LogP contribution >= 0.6 is 11.3 Å². The molecule has 0 atom stereocenters. The first-order valence-electron chi connectivity index (χ1n) is 10.6. The smallest absolute Gasteiger partial charge is 0.260 e. The molecule has 0 radical (unpaired) electrons. The number of thiazole rings is 1. The molecule has 1 aromatic heterocycles. The van der Waals surface area contributed by atoms with Crippen molar-refractivity contribution < 1.29 is 4.79 Å². The Kier molecular flexibility index (Phi) is 6.44. The van der Waals surface area contributed by atoms with Gasteiger partial charge in [0, 0.05) is 18.7 Å².